The van der Waals surface area contributed by atoms with Crippen molar-refractivity contribution < 1.29 is 4.74 Å². The van der Waals surface area contributed by atoms with Crippen LogP contribution in [0.1, 0.15) is 32.4 Å². The highest BCUT2D eigenvalue weighted by molar-refractivity contribution is 6.30. The van der Waals surface area contributed by atoms with E-state index in [2.05, 4.69) is 38.2 Å². The van der Waals surface area contributed by atoms with Crippen molar-refractivity contribution in [1.29, 1.82) is 0 Å². The Labute approximate surface area is 109 Å². The molecule has 0 amide bonds. The zero-order chi connectivity index (χ0) is 12.8. The lowest BCUT2D eigenvalue weighted by Crippen LogP contribution is -2.39. The van der Waals surface area contributed by atoms with Gasteiger partial charge in [-0.3, -0.25) is 0 Å². The number of methoxy groups -OCH3 is 1. The monoisotopic (exact) mass is 255 g/mol. The lowest BCUT2D eigenvalue weighted by atomic mass is 10.0. The number of rotatable bonds is 6. The van der Waals surface area contributed by atoms with Gasteiger partial charge in [-0.2, -0.15) is 0 Å². The molecule has 0 spiro atoms. The van der Waals surface area contributed by atoms with Crippen molar-refractivity contribution in [1.82, 2.24) is 5.32 Å². The maximum absolute atomic E-state index is 5.88. The number of benzene rings is 1. The summed E-state index contributed by atoms with van der Waals surface area (Å²) in [4.78, 5) is 0. The average molecular weight is 256 g/mol. The molecule has 3 heteroatoms. The van der Waals surface area contributed by atoms with Crippen molar-refractivity contribution in [2.75, 3.05) is 13.7 Å². The van der Waals surface area contributed by atoms with Crippen LogP contribution in [0.5, 0.6) is 0 Å². The molecule has 1 unspecified atom stereocenters. The summed E-state index contributed by atoms with van der Waals surface area (Å²) in [7, 11) is 1.74. The fourth-order valence-electron chi connectivity index (χ4n) is 1.78. The molecule has 1 aromatic carbocycles. The van der Waals surface area contributed by atoms with Crippen molar-refractivity contribution in [2.24, 2.45) is 5.92 Å². The minimum absolute atomic E-state index is 0.301. The van der Waals surface area contributed by atoms with Crippen LogP contribution in [-0.2, 0) is 4.74 Å². The molecule has 0 heterocycles. The summed E-state index contributed by atoms with van der Waals surface area (Å²) >= 11 is 5.88. The van der Waals surface area contributed by atoms with Crippen LogP contribution in [0.15, 0.2) is 24.3 Å². The van der Waals surface area contributed by atoms with Crippen LogP contribution in [0.25, 0.3) is 0 Å². The number of hydrogen-bond acceptors (Lipinski definition) is 2. The second-order valence-corrected chi connectivity index (χ2v) is 5.18. The number of halogens is 1. The van der Waals surface area contributed by atoms with Crippen molar-refractivity contribution in [2.45, 2.75) is 32.9 Å². The molecular weight excluding hydrogens is 234 g/mol. The van der Waals surface area contributed by atoms with Crippen LogP contribution in [0, 0.1) is 5.92 Å². The zero-order valence-electron chi connectivity index (χ0n) is 11.0. The summed E-state index contributed by atoms with van der Waals surface area (Å²) in [6.45, 7) is 7.29. The second kappa shape index (κ2) is 7.00. The van der Waals surface area contributed by atoms with Crippen LogP contribution >= 0.6 is 11.6 Å². The second-order valence-electron chi connectivity index (χ2n) is 4.75. The molecule has 0 aliphatic heterocycles. The normalized spacial score (nSPS) is 14.9. The molecule has 0 bridgehead atoms. The Morgan fingerprint density at radius 1 is 1.18 bits per heavy atom. The molecule has 0 saturated heterocycles. The van der Waals surface area contributed by atoms with E-state index in [-0.39, 0.29) is 0 Å². The first kappa shape index (κ1) is 14.5. The number of ether oxygens (including phenoxy) is 1. The van der Waals surface area contributed by atoms with Gasteiger partial charge in [-0.1, -0.05) is 37.6 Å². The third kappa shape index (κ3) is 4.66. The Morgan fingerprint density at radius 2 is 1.76 bits per heavy atom. The third-order valence-electron chi connectivity index (χ3n) is 2.99. The SMILES string of the molecule is COCC(N[C@H](C)c1ccc(Cl)cc1)C(C)C. The molecule has 2 nitrogen and oxygen atoms in total. The highest BCUT2D eigenvalue weighted by Gasteiger charge is 2.16. The summed E-state index contributed by atoms with van der Waals surface area (Å²) in [6.07, 6.45) is 0. The highest BCUT2D eigenvalue weighted by atomic mass is 35.5. The van der Waals surface area contributed by atoms with Gasteiger partial charge in [0.15, 0.2) is 0 Å². The first-order valence-corrected chi connectivity index (χ1v) is 6.42. The van der Waals surface area contributed by atoms with E-state index in [1.165, 1.54) is 5.56 Å². The molecule has 0 aromatic heterocycles. The molecule has 0 fully saturated rings. The van der Waals surface area contributed by atoms with E-state index in [1.807, 2.05) is 12.1 Å². The van der Waals surface area contributed by atoms with Gasteiger partial charge in [-0.25, -0.2) is 0 Å². The van der Waals surface area contributed by atoms with Crippen LogP contribution in [0.4, 0.5) is 0 Å². The topological polar surface area (TPSA) is 21.3 Å². The van der Waals surface area contributed by atoms with Gasteiger partial charge in [0.2, 0.25) is 0 Å². The zero-order valence-corrected chi connectivity index (χ0v) is 11.8. The van der Waals surface area contributed by atoms with Crippen molar-refractivity contribution >= 4 is 11.6 Å². The summed E-state index contributed by atoms with van der Waals surface area (Å²) in [6, 6.07) is 8.64. The fourth-order valence-corrected chi connectivity index (χ4v) is 1.91. The van der Waals surface area contributed by atoms with E-state index < -0.39 is 0 Å². The van der Waals surface area contributed by atoms with Crippen molar-refractivity contribution in [3.8, 4) is 0 Å². The molecular formula is C14H22ClNO. The van der Waals surface area contributed by atoms with Crippen molar-refractivity contribution in [3.05, 3.63) is 34.9 Å². The van der Waals surface area contributed by atoms with Gasteiger partial charge < -0.3 is 10.1 Å². The Hall–Kier alpha value is -0.570. The van der Waals surface area contributed by atoms with E-state index in [4.69, 9.17) is 16.3 Å². The predicted octanol–water partition coefficient (Wildman–Crippen LogP) is 3.66. The van der Waals surface area contributed by atoms with Gasteiger partial charge in [0, 0.05) is 24.2 Å². The number of hydrogen-bond donors (Lipinski definition) is 1. The van der Waals surface area contributed by atoms with E-state index >= 15 is 0 Å². The van der Waals surface area contributed by atoms with Crippen molar-refractivity contribution in [3.63, 3.8) is 0 Å². The van der Waals surface area contributed by atoms with E-state index in [0.717, 1.165) is 11.6 Å². The third-order valence-corrected chi connectivity index (χ3v) is 3.24. The van der Waals surface area contributed by atoms with Gasteiger partial charge in [-0.05, 0) is 30.5 Å². The van der Waals surface area contributed by atoms with Crippen LogP contribution < -0.4 is 5.32 Å². The predicted molar refractivity (Wildman–Crippen MR) is 73.5 cm³/mol. The van der Waals surface area contributed by atoms with Gasteiger partial charge >= 0.3 is 0 Å². The Bertz CT molecular complexity index is 323. The first-order chi connectivity index (χ1) is 8.04. The van der Waals surface area contributed by atoms with Gasteiger partial charge in [0.05, 0.1) is 6.61 Å². The Balaban J connectivity index is 2.63. The molecule has 0 saturated carbocycles. The van der Waals surface area contributed by atoms with Gasteiger partial charge in [-0.15, -0.1) is 0 Å². The minimum Gasteiger partial charge on any atom is -0.383 e. The smallest absolute Gasteiger partial charge is 0.0618 e. The molecule has 1 N–H and O–H groups in total. The molecule has 2 atom stereocenters. The molecule has 0 radical (unpaired) electrons. The van der Waals surface area contributed by atoms with Gasteiger partial charge in [0.25, 0.3) is 0 Å². The molecule has 1 rings (SSSR count). The molecule has 0 aliphatic rings. The van der Waals surface area contributed by atoms with Crippen LogP contribution in [0.3, 0.4) is 0 Å². The first-order valence-electron chi connectivity index (χ1n) is 6.05. The van der Waals surface area contributed by atoms with E-state index in [9.17, 15) is 0 Å². The largest absolute Gasteiger partial charge is 0.383 e. The summed E-state index contributed by atoms with van der Waals surface area (Å²) in [5.74, 6) is 0.546. The molecule has 1 aromatic rings. The molecule has 0 aliphatic carbocycles. The molecule has 96 valence electrons. The van der Waals surface area contributed by atoms with E-state index in [1.54, 1.807) is 7.11 Å². The maximum Gasteiger partial charge on any atom is 0.0618 e. The lowest BCUT2D eigenvalue weighted by molar-refractivity contribution is 0.141. The minimum atomic E-state index is 0.301. The number of nitrogens with one attached hydrogen (secondary N) is 1. The van der Waals surface area contributed by atoms with Gasteiger partial charge in [0.1, 0.15) is 0 Å². The van der Waals surface area contributed by atoms with Crippen LogP contribution in [-0.4, -0.2) is 19.8 Å². The quantitative estimate of drug-likeness (QED) is 0.838. The maximum atomic E-state index is 5.88. The highest BCUT2D eigenvalue weighted by Crippen LogP contribution is 2.17. The Morgan fingerprint density at radius 3 is 2.24 bits per heavy atom. The van der Waals surface area contributed by atoms with E-state index in [0.29, 0.717) is 18.0 Å². The average Bonchev–Trinajstić information content (AvgIpc) is 2.29. The van der Waals surface area contributed by atoms with Crippen LogP contribution in [0.2, 0.25) is 5.02 Å². The Kier molecular flexibility index (Phi) is 5.96. The summed E-state index contributed by atoms with van der Waals surface area (Å²) < 4.78 is 5.24. The standard InChI is InChI=1S/C14H22ClNO/c1-10(2)14(9-17-4)16-11(3)12-5-7-13(15)8-6-12/h5-8,10-11,14,16H,9H2,1-4H3/t11-,14?/m1/s1. The molecule has 17 heavy (non-hydrogen) atoms. The lowest BCUT2D eigenvalue weighted by Gasteiger charge is -2.26. The fraction of sp³-hybridized carbons (Fsp3) is 0.571. The summed E-state index contributed by atoms with van der Waals surface area (Å²) in [5, 5.41) is 4.36. The summed E-state index contributed by atoms with van der Waals surface area (Å²) in [5.41, 5.74) is 1.25.